The number of carbonyl (C=O) groups excluding carboxylic acids is 1. The van der Waals surface area contributed by atoms with Gasteiger partial charge in [-0.25, -0.2) is 9.59 Å². The zero-order valence-electron chi connectivity index (χ0n) is 24.2. The molecule has 2 N–H and O–H groups in total. The molecule has 0 aliphatic heterocycles. The van der Waals surface area contributed by atoms with E-state index in [0.717, 1.165) is 28.8 Å². The maximum atomic E-state index is 13.0. The zero-order chi connectivity index (χ0) is 29.8. The van der Waals surface area contributed by atoms with E-state index >= 15 is 0 Å². The van der Waals surface area contributed by atoms with E-state index in [0.29, 0.717) is 37.6 Å². The van der Waals surface area contributed by atoms with E-state index in [1.54, 1.807) is 24.0 Å². The van der Waals surface area contributed by atoms with Crippen LogP contribution in [0, 0.1) is 0 Å². The lowest BCUT2D eigenvalue weighted by molar-refractivity contribution is -0.153. The van der Waals surface area contributed by atoms with E-state index in [4.69, 9.17) is 9.47 Å². The maximum absolute atomic E-state index is 13.0. The Morgan fingerprint density at radius 1 is 0.786 bits per heavy atom. The maximum Gasteiger partial charge on any atom is 0.348 e. The number of hydrogen-bond acceptors (Lipinski definition) is 4. The first-order valence-corrected chi connectivity index (χ1v) is 14.3. The van der Waals surface area contributed by atoms with Gasteiger partial charge in [-0.1, -0.05) is 79.7 Å². The number of hydrogen-bond donors (Lipinski definition) is 2. The molecule has 0 saturated heterocycles. The number of aliphatic carboxylic acids is 1. The molecule has 0 aromatic heterocycles. The molecule has 0 spiro atoms. The minimum atomic E-state index is -1.41. The number of urea groups is 1. The molecule has 0 radical (unpaired) electrons. The second-order valence-electron chi connectivity index (χ2n) is 10.3. The Hall–Kier alpha value is -4.78. The molecule has 2 amide bonds. The third-order valence-electron chi connectivity index (χ3n) is 6.87. The molecule has 0 aliphatic carbocycles. The highest BCUT2D eigenvalue weighted by molar-refractivity contribution is 5.89. The van der Waals surface area contributed by atoms with Crippen molar-refractivity contribution in [1.82, 2.24) is 4.90 Å². The summed E-state index contributed by atoms with van der Waals surface area (Å²) in [6.07, 6.45) is 1.73. The molecule has 0 bridgehead atoms. The van der Waals surface area contributed by atoms with Crippen molar-refractivity contribution in [3.8, 4) is 22.6 Å². The number of amides is 2. The van der Waals surface area contributed by atoms with Crippen LogP contribution in [0.5, 0.6) is 11.5 Å². The topological polar surface area (TPSA) is 88.1 Å². The highest BCUT2D eigenvalue weighted by Crippen LogP contribution is 2.24. The molecule has 42 heavy (non-hydrogen) atoms. The molecule has 7 heteroatoms. The van der Waals surface area contributed by atoms with E-state index < -0.39 is 11.6 Å². The number of carboxylic acids is 1. The van der Waals surface area contributed by atoms with Crippen LogP contribution in [0.15, 0.2) is 109 Å². The van der Waals surface area contributed by atoms with E-state index in [9.17, 15) is 14.7 Å². The van der Waals surface area contributed by atoms with Crippen molar-refractivity contribution in [3.05, 3.63) is 115 Å². The van der Waals surface area contributed by atoms with E-state index in [1.165, 1.54) is 0 Å². The standard InChI is InChI=1S/C35H38N2O5/c1-3-23-37(34(40)36-30-19-17-29(18-20-30)28-11-6-4-7-12-28)24-10-25-41-31-21-15-27(16-22-31)26-35(2,33(38)39)42-32-13-8-5-9-14-32/h4-9,11-22H,3,10,23-26H2,1-2H3,(H,36,40)(H,38,39). The largest absolute Gasteiger partial charge is 0.494 e. The third-order valence-corrected chi connectivity index (χ3v) is 6.87. The number of carboxylic acid groups (broad SMARTS) is 1. The van der Waals surface area contributed by atoms with Gasteiger partial charge in [0.1, 0.15) is 11.5 Å². The highest BCUT2D eigenvalue weighted by Gasteiger charge is 2.36. The van der Waals surface area contributed by atoms with Gasteiger partial charge in [0.15, 0.2) is 0 Å². The SMILES string of the molecule is CCCN(CCCOc1ccc(CC(C)(Oc2ccccc2)C(=O)O)cc1)C(=O)Nc1ccc(-c2ccccc2)cc1. The number of nitrogens with one attached hydrogen (secondary N) is 1. The van der Waals surface area contributed by atoms with E-state index in [1.807, 2.05) is 91.9 Å². The van der Waals surface area contributed by atoms with Crippen molar-refractivity contribution in [2.45, 2.75) is 38.7 Å². The molecular formula is C35H38N2O5. The smallest absolute Gasteiger partial charge is 0.348 e. The molecule has 0 heterocycles. The molecule has 1 atom stereocenters. The fourth-order valence-electron chi connectivity index (χ4n) is 4.61. The van der Waals surface area contributed by atoms with Gasteiger partial charge >= 0.3 is 12.0 Å². The van der Waals surface area contributed by atoms with Gasteiger partial charge in [-0.2, -0.15) is 0 Å². The van der Waals surface area contributed by atoms with Crippen molar-refractivity contribution in [2.24, 2.45) is 0 Å². The number of rotatable bonds is 14. The molecule has 0 saturated carbocycles. The molecule has 4 rings (SSSR count). The van der Waals surface area contributed by atoms with Crippen LogP contribution in [-0.2, 0) is 11.2 Å². The van der Waals surface area contributed by atoms with Crippen LogP contribution in [-0.4, -0.2) is 47.3 Å². The average Bonchev–Trinajstić information content (AvgIpc) is 3.00. The summed E-state index contributed by atoms with van der Waals surface area (Å²) in [5, 5.41) is 12.8. The Bertz CT molecular complexity index is 1410. The minimum Gasteiger partial charge on any atom is -0.494 e. The normalized spacial score (nSPS) is 12.1. The average molecular weight is 567 g/mol. The molecule has 1 unspecified atom stereocenters. The summed E-state index contributed by atoms with van der Waals surface area (Å²) in [6.45, 7) is 5.28. The number of ether oxygens (including phenoxy) is 2. The Morgan fingerprint density at radius 2 is 1.40 bits per heavy atom. The molecule has 0 aliphatic rings. The zero-order valence-corrected chi connectivity index (χ0v) is 24.2. The number of benzene rings is 4. The first kappa shape index (κ1) is 30.2. The monoisotopic (exact) mass is 566 g/mol. The van der Waals surface area contributed by atoms with E-state index in [2.05, 4.69) is 17.4 Å². The molecule has 0 fully saturated rings. The van der Waals surface area contributed by atoms with Crippen LogP contribution in [0.25, 0.3) is 11.1 Å². The summed E-state index contributed by atoms with van der Waals surface area (Å²) in [6, 6.07) is 34.2. The predicted octanol–water partition coefficient (Wildman–Crippen LogP) is 7.53. The number of para-hydroxylation sites is 1. The van der Waals surface area contributed by atoms with Crippen molar-refractivity contribution >= 4 is 17.7 Å². The lowest BCUT2D eigenvalue weighted by atomic mass is 9.96. The summed E-state index contributed by atoms with van der Waals surface area (Å²) in [5.74, 6) is 0.162. The number of carbonyl (C=O) groups is 2. The van der Waals surface area contributed by atoms with Crippen LogP contribution in [0.3, 0.4) is 0 Å². The van der Waals surface area contributed by atoms with Crippen LogP contribution < -0.4 is 14.8 Å². The van der Waals surface area contributed by atoms with Gasteiger partial charge < -0.3 is 24.8 Å². The molecular weight excluding hydrogens is 528 g/mol. The Balaban J connectivity index is 1.25. The summed E-state index contributed by atoms with van der Waals surface area (Å²) in [4.78, 5) is 26.8. The quantitative estimate of drug-likeness (QED) is 0.154. The Labute approximate surface area is 247 Å². The summed E-state index contributed by atoms with van der Waals surface area (Å²) < 4.78 is 11.7. The van der Waals surface area contributed by atoms with Gasteiger partial charge in [0.25, 0.3) is 0 Å². The summed E-state index contributed by atoms with van der Waals surface area (Å²) in [7, 11) is 0. The summed E-state index contributed by atoms with van der Waals surface area (Å²) >= 11 is 0. The lowest BCUT2D eigenvalue weighted by Gasteiger charge is -2.26. The molecule has 4 aromatic carbocycles. The van der Waals surface area contributed by atoms with Crippen LogP contribution in [0.1, 0.15) is 32.3 Å². The Kier molecular flexibility index (Phi) is 10.6. The second kappa shape index (κ2) is 14.7. The van der Waals surface area contributed by atoms with Crippen LogP contribution in [0.2, 0.25) is 0 Å². The van der Waals surface area contributed by atoms with Gasteiger partial charge in [0.05, 0.1) is 6.61 Å². The van der Waals surface area contributed by atoms with Gasteiger partial charge in [-0.05, 0) is 72.9 Å². The van der Waals surface area contributed by atoms with E-state index in [-0.39, 0.29) is 12.5 Å². The van der Waals surface area contributed by atoms with Crippen molar-refractivity contribution in [3.63, 3.8) is 0 Å². The van der Waals surface area contributed by atoms with Gasteiger partial charge in [-0.15, -0.1) is 0 Å². The highest BCUT2D eigenvalue weighted by atomic mass is 16.5. The van der Waals surface area contributed by atoms with Crippen molar-refractivity contribution in [2.75, 3.05) is 25.0 Å². The van der Waals surface area contributed by atoms with Crippen molar-refractivity contribution < 1.29 is 24.2 Å². The van der Waals surface area contributed by atoms with Gasteiger partial charge in [0.2, 0.25) is 5.60 Å². The molecule has 218 valence electrons. The summed E-state index contributed by atoms with van der Waals surface area (Å²) in [5.41, 5.74) is 2.40. The fourth-order valence-corrected chi connectivity index (χ4v) is 4.61. The first-order valence-electron chi connectivity index (χ1n) is 14.3. The molecule has 7 nitrogen and oxygen atoms in total. The number of anilines is 1. The second-order valence-corrected chi connectivity index (χ2v) is 10.3. The van der Waals surface area contributed by atoms with Gasteiger partial charge in [0, 0.05) is 25.2 Å². The van der Waals surface area contributed by atoms with Gasteiger partial charge in [-0.3, -0.25) is 0 Å². The first-order chi connectivity index (χ1) is 20.4. The van der Waals surface area contributed by atoms with Crippen LogP contribution >= 0.6 is 0 Å². The fraction of sp³-hybridized carbons (Fsp3) is 0.257. The predicted molar refractivity (Wildman–Crippen MR) is 166 cm³/mol. The Morgan fingerprint density at radius 3 is 2.02 bits per heavy atom. The minimum absolute atomic E-state index is 0.132. The number of nitrogens with zero attached hydrogens (tertiary/aromatic N) is 1. The third kappa shape index (κ3) is 8.61. The lowest BCUT2D eigenvalue weighted by Crippen LogP contribution is -2.43. The van der Waals surface area contributed by atoms with Crippen molar-refractivity contribution in [1.29, 1.82) is 0 Å². The van der Waals surface area contributed by atoms with Crippen LogP contribution in [0.4, 0.5) is 10.5 Å². The molecule has 4 aromatic rings.